The lowest BCUT2D eigenvalue weighted by Gasteiger charge is -2.12. The molecule has 0 N–H and O–H groups in total. The Kier molecular flexibility index (Phi) is 4.86. The highest BCUT2D eigenvalue weighted by molar-refractivity contribution is 7.18. The van der Waals surface area contributed by atoms with Crippen LogP contribution in [0.5, 0.6) is 0 Å². The van der Waals surface area contributed by atoms with E-state index in [1.54, 1.807) is 29.8 Å². The maximum atomic E-state index is 12.5. The Morgan fingerprint density at radius 1 is 1.28 bits per heavy atom. The molecular formula is C19H18N4OS. The van der Waals surface area contributed by atoms with Crippen LogP contribution in [0, 0.1) is 18.3 Å². The van der Waals surface area contributed by atoms with Crippen molar-refractivity contribution in [2.24, 2.45) is 0 Å². The van der Waals surface area contributed by atoms with Gasteiger partial charge in [-0.1, -0.05) is 25.2 Å². The second-order valence-electron chi connectivity index (χ2n) is 6.32. The lowest BCUT2D eigenvalue weighted by Crippen LogP contribution is -2.10. The van der Waals surface area contributed by atoms with Crippen molar-refractivity contribution in [3.05, 3.63) is 51.9 Å². The SMILES string of the molecule is Cc1nc2c(C(C)C)c(CC(=O)Cc3cncc(C#N)c3)cnc2s1. The number of carbonyl (C=O) groups is 1. The minimum Gasteiger partial charge on any atom is -0.299 e. The standard InChI is InChI=1S/C19H18N4OS/c1-11(2)17-15(10-22-19-18(17)23-12(3)25-19)6-16(24)5-13-4-14(7-20)9-21-8-13/h4,8-11H,5-6H2,1-3H3. The maximum Gasteiger partial charge on any atom is 0.143 e. The van der Waals surface area contributed by atoms with Crippen LogP contribution in [-0.4, -0.2) is 20.7 Å². The third-order valence-electron chi connectivity index (χ3n) is 3.95. The molecule has 0 unspecified atom stereocenters. The molecule has 0 aliphatic heterocycles. The molecule has 3 aromatic heterocycles. The Labute approximate surface area is 150 Å². The number of hydrogen-bond acceptors (Lipinski definition) is 6. The van der Waals surface area contributed by atoms with Gasteiger partial charge in [0, 0.05) is 31.4 Å². The van der Waals surface area contributed by atoms with Gasteiger partial charge in [-0.25, -0.2) is 9.97 Å². The van der Waals surface area contributed by atoms with Gasteiger partial charge in [-0.3, -0.25) is 9.78 Å². The average Bonchev–Trinajstić information content (AvgIpc) is 2.94. The highest BCUT2D eigenvalue weighted by Crippen LogP contribution is 2.30. The molecule has 0 radical (unpaired) electrons. The first kappa shape index (κ1) is 17.2. The number of nitrogens with zero attached hydrogens (tertiary/aromatic N) is 4. The molecule has 3 rings (SSSR count). The second kappa shape index (κ2) is 7.08. The first-order chi connectivity index (χ1) is 12.0. The van der Waals surface area contributed by atoms with Crippen LogP contribution in [0.25, 0.3) is 10.3 Å². The van der Waals surface area contributed by atoms with Crippen LogP contribution in [0.4, 0.5) is 0 Å². The predicted molar refractivity (Wildman–Crippen MR) is 97.6 cm³/mol. The zero-order valence-electron chi connectivity index (χ0n) is 14.4. The zero-order chi connectivity index (χ0) is 18.0. The van der Waals surface area contributed by atoms with E-state index in [9.17, 15) is 4.79 Å². The molecule has 0 fully saturated rings. The molecule has 6 heteroatoms. The van der Waals surface area contributed by atoms with Crippen molar-refractivity contribution >= 4 is 27.5 Å². The molecule has 0 bridgehead atoms. The second-order valence-corrected chi connectivity index (χ2v) is 7.51. The third kappa shape index (κ3) is 3.72. The predicted octanol–water partition coefficient (Wildman–Crippen LogP) is 3.74. The number of aromatic nitrogens is 3. The van der Waals surface area contributed by atoms with E-state index in [4.69, 9.17) is 5.26 Å². The summed E-state index contributed by atoms with van der Waals surface area (Å²) in [6.07, 6.45) is 5.50. The number of rotatable bonds is 5. The summed E-state index contributed by atoms with van der Waals surface area (Å²) < 4.78 is 0. The first-order valence-electron chi connectivity index (χ1n) is 8.08. The van der Waals surface area contributed by atoms with Crippen LogP contribution in [0.3, 0.4) is 0 Å². The van der Waals surface area contributed by atoms with Crippen LogP contribution >= 0.6 is 11.3 Å². The molecule has 3 heterocycles. The van der Waals surface area contributed by atoms with Crippen molar-refractivity contribution in [2.75, 3.05) is 0 Å². The molecule has 126 valence electrons. The zero-order valence-corrected chi connectivity index (χ0v) is 15.2. The summed E-state index contributed by atoms with van der Waals surface area (Å²) in [4.78, 5) is 26.6. The summed E-state index contributed by atoms with van der Waals surface area (Å²) in [5, 5.41) is 9.92. The maximum absolute atomic E-state index is 12.5. The largest absolute Gasteiger partial charge is 0.299 e. The molecule has 0 saturated carbocycles. The van der Waals surface area contributed by atoms with Gasteiger partial charge in [0.05, 0.1) is 10.6 Å². The van der Waals surface area contributed by atoms with Gasteiger partial charge in [0.25, 0.3) is 0 Å². The van der Waals surface area contributed by atoms with Gasteiger partial charge < -0.3 is 0 Å². The van der Waals surface area contributed by atoms with E-state index in [1.165, 1.54) is 6.20 Å². The van der Waals surface area contributed by atoms with Gasteiger partial charge in [-0.2, -0.15) is 5.26 Å². The number of hydrogen-bond donors (Lipinski definition) is 0. The Morgan fingerprint density at radius 3 is 2.80 bits per heavy atom. The average molecular weight is 350 g/mol. The number of nitriles is 1. The number of ketones is 1. The Bertz CT molecular complexity index is 985. The number of fused-ring (bicyclic) bond motifs is 1. The van der Waals surface area contributed by atoms with Crippen LogP contribution in [0.1, 0.15) is 47.0 Å². The highest BCUT2D eigenvalue weighted by atomic mass is 32.1. The quantitative estimate of drug-likeness (QED) is 0.700. The topological polar surface area (TPSA) is 79.5 Å². The van der Waals surface area contributed by atoms with E-state index in [1.807, 2.05) is 13.0 Å². The minimum absolute atomic E-state index is 0.0758. The van der Waals surface area contributed by atoms with Gasteiger partial charge in [0.2, 0.25) is 0 Å². The van der Waals surface area contributed by atoms with Crippen molar-refractivity contribution < 1.29 is 4.79 Å². The Hall–Kier alpha value is -2.65. The first-order valence-corrected chi connectivity index (χ1v) is 8.90. The van der Waals surface area contributed by atoms with Gasteiger partial charge in [0.15, 0.2) is 0 Å². The molecule has 0 spiro atoms. The van der Waals surface area contributed by atoms with Crippen molar-refractivity contribution in [3.63, 3.8) is 0 Å². The molecule has 0 aliphatic carbocycles. The lowest BCUT2D eigenvalue weighted by molar-refractivity contribution is -0.117. The smallest absolute Gasteiger partial charge is 0.143 e. The monoisotopic (exact) mass is 350 g/mol. The minimum atomic E-state index is 0.0758. The van der Waals surface area contributed by atoms with Gasteiger partial charge >= 0.3 is 0 Å². The molecule has 0 aliphatic rings. The van der Waals surface area contributed by atoms with Gasteiger partial charge in [-0.15, -0.1) is 0 Å². The van der Waals surface area contributed by atoms with Crippen LogP contribution in [0.2, 0.25) is 0 Å². The van der Waals surface area contributed by atoms with E-state index in [2.05, 4.69) is 28.8 Å². The number of Topliss-reactive ketones (excluding diaryl/α,β-unsaturated/α-hetero) is 1. The van der Waals surface area contributed by atoms with Crippen molar-refractivity contribution in [1.82, 2.24) is 15.0 Å². The van der Waals surface area contributed by atoms with E-state index in [0.29, 0.717) is 12.0 Å². The van der Waals surface area contributed by atoms with Crippen LogP contribution in [-0.2, 0) is 17.6 Å². The van der Waals surface area contributed by atoms with Gasteiger partial charge in [0.1, 0.15) is 22.2 Å². The molecule has 3 aromatic rings. The summed E-state index contributed by atoms with van der Waals surface area (Å²) in [5.74, 6) is 0.338. The summed E-state index contributed by atoms with van der Waals surface area (Å²) in [7, 11) is 0. The molecule has 0 atom stereocenters. The molecule has 5 nitrogen and oxygen atoms in total. The van der Waals surface area contributed by atoms with Crippen LogP contribution in [0.15, 0.2) is 24.7 Å². The number of aryl methyl sites for hydroxylation is 1. The van der Waals surface area contributed by atoms with E-state index in [-0.39, 0.29) is 18.1 Å². The fraction of sp³-hybridized carbons (Fsp3) is 0.316. The number of thiazole rings is 1. The molecule has 0 aromatic carbocycles. The lowest BCUT2D eigenvalue weighted by atomic mass is 9.94. The van der Waals surface area contributed by atoms with Crippen molar-refractivity contribution in [1.29, 1.82) is 5.26 Å². The Morgan fingerprint density at radius 2 is 2.08 bits per heavy atom. The normalized spacial score (nSPS) is 11.0. The summed E-state index contributed by atoms with van der Waals surface area (Å²) in [5.41, 5.74) is 4.17. The summed E-state index contributed by atoms with van der Waals surface area (Å²) in [6, 6.07) is 3.75. The molecule has 25 heavy (non-hydrogen) atoms. The number of carbonyl (C=O) groups excluding carboxylic acids is 1. The van der Waals surface area contributed by atoms with E-state index >= 15 is 0 Å². The van der Waals surface area contributed by atoms with Gasteiger partial charge in [-0.05, 0) is 35.6 Å². The summed E-state index contributed by atoms with van der Waals surface area (Å²) in [6.45, 7) is 6.19. The van der Waals surface area contributed by atoms with E-state index in [0.717, 1.165) is 32.0 Å². The fourth-order valence-corrected chi connectivity index (χ4v) is 3.74. The van der Waals surface area contributed by atoms with E-state index < -0.39 is 0 Å². The van der Waals surface area contributed by atoms with Crippen molar-refractivity contribution in [3.8, 4) is 6.07 Å². The third-order valence-corrected chi connectivity index (χ3v) is 4.82. The van der Waals surface area contributed by atoms with Crippen molar-refractivity contribution in [2.45, 2.75) is 39.5 Å². The molecular weight excluding hydrogens is 332 g/mol. The number of pyridine rings is 2. The molecule has 0 amide bonds. The Balaban J connectivity index is 1.88. The highest BCUT2D eigenvalue weighted by Gasteiger charge is 2.18. The summed E-state index contributed by atoms with van der Waals surface area (Å²) >= 11 is 1.57. The fourth-order valence-electron chi connectivity index (χ4n) is 2.97. The molecule has 0 saturated heterocycles. The van der Waals surface area contributed by atoms with Crippen LogP contribution < -0.4 is 0 Å².